The quantitative estimate of drug-likeness (QED) is 0.644. The molecule has 0 saturated heterocycles. The van der Waals surface area contributed by atoms with Crippen molar-refractivity contribution in [3.05, 3.63) is 46.4 Å². The van der Waals surface area contributed by atoms with Crippen molar-refractivity contribution in [2.75, 3.05) is 6.61 Å². The summed E-state index contributed by atoms with van der Waals surface area (Å²) in [5.41, 5.74) is 3.69. The largest absolute Gasteiger partial charge is 0.494 e. The fourth-order valence-corrected chi connectivity index (χ4v) is 2.60. The number of hydrogen-bond donors (Lipinski definition) is 2. The minimum absolute atomic E-state index is 0.00278. The lowest BCUT2D eigenvalue weighted by Crippen LogP contribution is -2.23. The Kier molecular flexibility index (Phi) is 7.22. The number of aromatic nitrogens is 1. The highest BCUT2D eigenvalue weighted by atomic mass is 32.1. The van der Waals surface area contributed by atoms with Gasteiger partial charge >= 0.3 is 5.97 Å². The molecule has 0 saturated carbocycles. The van der Waals surface area contributed by atoms with Gasteiger partial charge in [0.15, 0.2) is 0 Å². The predicted molar refractivity (Wildman–Crippen MR) is 91.1 cm³/mol. The SMILES string of the molecule is O=C(O)CCCOc1ccc(CNC(=O)CCc2cscn2)cc1. The van der Waals surface area contributed by atoms with Crippen molar-refractivity contribution < 1.29 is 19.4 Å². The van der Waals surface area contributed by atoms with Crippen LogP contribution < -0.4 is 10.1 Å². The van der Waals surface area contributed by atoms with Crippen LogP contribution in [0.1, 0.15) is 30.5 Å². The summed E-state index contributed by atoms with van der Waals surface area (Å²) in [5, 5.41) is 13.4. The number of thiazole rings is 1. The molecule has 0 radical (unpaired) electrons. The summed E-state index contributed by atoms with van der Waals surface area (Å²) in [6, 6.07) is 7.40. The molecule has 0 atom stereocenters. The number of carboxylic acids is 1. The van der Waals surface area contributed by atoms with E-state index in [2.05, 4.69) is 10.3 Å². The Morgan fingerprint density at radius 2 is 2.00 bits per heavy atom. The fraction of sp³-hybridized carbons (Fsp3) is 0.353. The van der Waals surface area contributed by atoms with Gasteiger partial charge in [0.1, 0.15) is 5.75 Å². The Hall–Kier alpha value is -2.41. The van der Waals surface area contributed by atoms with Crippen LogP contribution in [0.15, 0.2) is 35.2 Å². The second-order valence-corrected chi connectivity index (χ2v) is 5.96. The summed E-state index contributed by atoms with van der Waals surface area (Å²) in [4.78, 5) is 26.4. The number of ether oxygens (including phenoxy) is 1. The average Bonchev–Trinajstić information content (AvgIpc) is 3.09. The van der Waals surface area contributed by atoms with Crippen molar-refractivity contribution in [1.82, 2.24) is 10.3 Å². The molecular weight excluding hydrogens is 328 g/mol. The highest BCUT2D eigenvalue weighted by Gasteiger charge is 2.04. The first-order chi connectivity index (χ1) is 11.6. The molecule has 7 heteroatoms. The molecule has 1 heterocycles. The van der Waals surface area contributed by atoms with Gasteiger partial charge in [-0.25, -0.2) is 4.98 Å². The van der Waals surface area contributed by atoms with Crippen molar-refractivity contribution in [3.63, 3.8) is 0 Å². The lowest BCUT2D eigenvalue weighted by atomic mass is 10.2. The molecule has 0 spiro atoms. The van der Waals surface area contributed by atoms with E-state index in [1.165, 1.54) is 11.3 Å². The number of benzene rings is 1. The Balaban J connectivity index is 1.65. The molecule has 2 aromatic rings. The van der Waals surface area contributed by atoms with Gasteiger partial charge in [-0.2, -0.15) is 0 Å². The predicted octanol–water partition coefficient (Wildman–Crippen LogP) is 2.64. The van der Waals surface area contributed by atoms with Crippen LogP contribution in [0, 0.1) is 0 Å². The van der Waals surface area contributed by atoms with Crippen LogP contribution in [-0.2, 0) is 22.6 Å². The Morgan fingerprint density at radius 3 is 2.67 bits per heavy atom. The van der Waals surface area contributed by atoms with Crippen molar-refractivity contribution in [1.29, 1.82) is 0 Å². The van der Waals surface area contributed by atoms with Gasteiger partial charge in [-0.3, -0.25) is 9.59 Å². The highest BCUT2D eigenvalue weighted by molar-refractivity contribution is 7.07. The van der Waals surface area contributed by atoms with Crippen LogP contribution in [0.25, 0.3) is 0 Å². The number of nitrogens with zero attached hydrogens (tertiary/aromatic N) is 1. The fourth-order valence-electron chi connectivity index (χ4n) is 2.01. The molecule has 6 nitrogen and oxygen atoms in total. The summed E-state index contributed by atoms with van der Waals surface area (Å²) in [7, 11) is 0. The normalized spacial score (nSPS) is 10.3. The number of hydrogen-bond acceptors (Lipinski definition) is 5. The van der Waals surface area contributed by atoms with Crippen LogP contribution in [0.5, 0.6) is 5.75 Å². The number of nitrogens with one attached hydrogen (secondary N) is 1. The molecule has 0 aliphatic heterocycles. The summed E-state index contributed by atoms with van der Waals surface area (Å²) in [6.07, 6.45) is 1.66. The second-order valence-electron chi connectivity index (χ2n) is 5.25. The molecule has 2 N–H and O–H groups in total. The first-order valence-corrected chi connectivity index (χ1v) is 8.65. The van der Waals surface area contributed by atoms with Gasteiger partial charge < -0.3 is 15.2 Å². The van der Waals surface area contributed by atoms with Crippen LogP contribution >= 0.6 is 11.3 Å². The third kappa shape index (κ3) is 6.78. The maximum absolute atomic E-state index is 11.8. The van der Waals surface area contributed by atoms with Crippen LogP contribution in [0.3, 0.4) is 0 Å². The lowest BCUT2D eigenvalue weighted by molar-refractivity contribution is -0.137. The Labute approximate surface area is 144 Å². The van der Waals surface area contributed by atoms with Crippen LogP contribution in [0.4, 0.5) is 0 Å². The number of carbonyl (C=O) groups excluding carboxylic acids is 1. The smallest absolute Gasteiger partial charge is 0.303 e. The first-order valence-electron chi connectivity index (χ1n) is 7.71. The van der Waals surface area contributed by atoms with E-state index in [-0.39, 0.29) is 12.3 Å². The molecule has 1 amide bonds. The molecule has 0 aliphatic rings. The zero-order valence-electron chi connectivity index (χ0n) is 13.2. The average molecular weight is 348 g/mol. The van der Waals surface area contributed by atoms with Crippen molar-refractivity contribution in [2.45, 2.75) is 32.2 Å². The van der Waals surface area contributed by atoms with Gasteiger partial charge in [0.05, 0.1) is 17.8 Å². The van der Waals surface area contributed by atoms with Gasteiger partial charge in [-0.1, -0.05) is 12.1 Å². The zero-order valence-corrected chi connectivity index (χ0v) is 14.1. The van der Waals surface area contributed by atoms with E-state index < -0.39 is 5.97 Å². The summed E-state index contributed by atoms with van der Waals surface area (Å²) >= 11 is 1.53. The minimum Gasteiger partial charge on any atom is -0.494 e. The third-order valence-electron chi connectivity index (χ3n) is 3.31. The second kappa shape index (κ2) is 9.67. The molecule has 24 heavy (non-hydrogen) atoms. The third-order valence-corrected chi connectivity index (χ3v) is 3.94. The molecule has 0 aliphatic carbocycles. The maximum atomic E-state index is 11.8. The summed E-state index contributed by atoms with van der Waals surface area (Å²) in [6.45, 7) is 0.841. The van der Waals surface area contributed by atoms with E-state index >= 15 is 0 Å². The van der Waals surface area contributed by atoms with Crippen LogP contribution in [-0.4, -0.2) is 28.6 Å². The Bertz CT molecular complexity index is 641. The standard InChI is InChI=1S/C17H20N2O4S/c20-16(8-5-14-11-24-12-19-14)18-10-13-3-6-15(7-4-13)23-9-1-2-17(21)22/h3-4,6-7,11-12H,1-2,5,8-10H2,(H,18,20)(H,21,22). The molecule has 0 unspecified atom stereocenters. The number of carbonyl (C=O) groups is 2. The van der Waals surface area contributed by atoms with Gasteiger partial charge in [0.2, 0.25) is 5.91 Å². The van der Waals surface area contributed by atoms with E-state index in [0.717, 1.165) is 11.3 Å². The molecule has 0 fully saturated rings. The molecular formula is C17H20N2O4S. The molecule has 1 aromatic heterocycles. The van der Waals surface area contributed by atoms with E-state index in [1.807, 2.05) is 29.6 Å². The minimum atomic E-state index is -0.820. The Morgan fingerprint density at radius 1 is 1.21 bits per heavy atom. The van der Waals surface area contributed by atoms with E-state index in [0.29, 0.717) is 38.2 Å². The van der Waals surface area contributed by atoms with Gasteiger partial charge in [0, 0.05) is 24.8 Å². The van der Waals surface area contributed by atoms with E-state index in [4.69, 9.17) is 9.84 Å². The summed E-state index contributed by atoms with van der Waals surface area (Å²) in [5.74, 6) is -0.129. The summed E-state index contributed by atoms with van der Waals surface area (Å²) < 4.78 is 5.46. The molecule has 1 aromatic carbocycles. The molecule has 128 valence electrons. The first kappa shape index (κ1) is 17.9. The molecule has 0 bridgehead atoms. The van der Waals surface area contributed by atoms with Crippen molar-refractivity contribution >= 4 is 23.2 Å². The topological polar surface area (TPSA) is 88.5 Å². The van der Waals surface area contributed by atoms with Crippen molar-refractivity contribution in [3.8, 4) is 5.75 Å². The maximum Gasteiger partial charge on any atom is 0.303 e. The number of aryl methyl sites for hydroxylation is 1. The van der Waals surface area contributed by atoms with Crippen molar-refractivity contribution in [2.24, 2.45) is 0 Å². The highest BCUT2D eigenvalue weighted by Crippen LogP contribution is 2.13. The number of amides is 1. The number of rotatable bonds is 10. The van der Waals surface area contributed by atoms with E-state index in [1.54, 1.807) is 5.51 Å². The number of carboxylic acid groups (broad SMARTS) is 1. The lowest BCUT2D eigenvalue weighted by Gasteiger charge is -2.08. The van der Waals surface area contributed by atoms with E-state index in [9.17, 15) is 9.59 Å². The van der Waals surface area contributed by atoms with Gasteiger partial charge in [0.25, 0.3) is 0 Å². The van der Waals surface area contributed by atoms with Gasteiger partial charge in [-0.15, -0.1) is 11.3 Å². The van der Waals surface area contributed by atoms with Crippen LogP contribution in [0.2, 0.25) is 0 Å². The molecule has 2 rings (SSSR count). The monoisotopic (exact) mass is 348 g/mol. The zero-order chi connectivity index (χ0) is 17.2. The van der Waals surface area contributed by atoms with Gasteiger partial charge in [-0.05, 0) is 30.5 Å². The number of aliphatic carboxylic acids is 1.